The van der Waals surface area contributed by atoms with Gasteiger partial charge >= 0.3 is 0 Å². The van der Waals surface area contributed by atoms with E-state index < -0.39 is 0 Å². The molecule has 0 bridgehead atoms. The number of nitrogens with one attached hydrogen (secondary N) is 1. The van der Waals surface area contributed by atoms with Gasteiger partial charge in [-0.2, -0.15) is 0 Å². The Hall–Kier alpha value is -2.89. The Labute approximate surface area is 158 Å². The van der Waals surface area contributed by atoms with Crippen LogP contribution in [-0.2, 0) is 16.6 Å². The van der Waals surface area contributed by atoms with Crippen molar-refractivity contribution in [3.8, 4) is 23.0 Å². The molecule has 0 aliphatic carbocycles. The molecule has 0 saturated carbocycles. The van der Waals surface area contributed by atoms with E-state index in [2.05, 4.69) is 19.2 Å². The van der Waals surface area contributed by atoms with Crippen LogP contribution in [0.15, 0.2) is 36.4 Å². The van der Waals surface area contributed by atoms with Crippen molar-refractivity contribution < 1.29 is 23.7 Å². The van der Waals surface area contributed by atoms with Gasteiger partial charge in [0.25, 0.3) is 0 Å². The summed E-state index contributed by atoms with van der Waals surface area (Å²) in [6.07, 6.45) is 1.09. The van der Waals surface area contributed by atoms with E-state index in [1.165, 1.54) is 0 Å². The lowest BCUT2D eigenvalue weighted by Crippen LogP contribution is -2.36. The lowest BCUT2D eigenvalue weighted by atomic mass is 9.84. The number of rotatable bonds is 6. The number of carbonyl (C=O) groups is 1. The van der Waals surface area contributed by atoms with Gasteiger partial charge in [0.2, 0.25) is 19.5 Å². The van der Waals surface area contributed by atoms with Gasteiger partial charge in [0.1, 0.15) is 0 Å². The summed E-state index contributed by atoms with van der Waals surface area (Å²) in [4.78, 5) is 12.3. The van der Waals surface area contributed by atoms with Gasteiger partial charge in [0.05, 0.1) is 0 Å². The highest BCUT2D eigenvalue weighted by Gasteiger charge is 2.24. The maximum Gasteiger partial charge on any atom is 0.231 e. The maximum absolute atomic E-state index is 12.3. The molecule has 0 radical (unpaired) electrons. The molecular weight excluding hydrogens is 346 g/mol. The second-order valence-corrected chi connectivity index (χ2v) is 7.42. The third-order valence-corrected chi connectivity index (χ3v) is 4.96. The SMILES string of the molecule is CC(C)(CNC(=O)CCc1ccc2c(c1)OCO2)c1ccc2c(c1)OCO2. The molecule has 0 fully saturated rings. The van der Waals surface area contributed by atoms with Crippen molar-refractivity contribution in [3.63, 3.8) is 0 Å². The molecule has 0 saturated heterocycles. The number of hydrogen-bond donors (Lipinski definition) is 1. The molecule has 6 nitrogen and oxygen atoms in total. The van der Waals surface area contributed by atoms with Gasteiger partial charge in [-0.3, -0.25) is 4.79 Å². The molecule has 0 unspecified atom stereocenters. The first-order valence-electron chi connectivity index (χ1n) is 9.07. The number of fused-ring (bicyclic) bond motifs is 2. The molecule has 0 aromatic heterocycles. The molecule has 2 aromatic carbocycles. The standard InChI is InChI=1S/C21H23NO5/c1-21(2,15-5-7-17-19(10-15)27-13-25-17)11-22-20(23)8-4-14-3-6-16-18(9-14)26-12-24-16/h3,5-7,9-10H,4,8,11-13H2,1-2H3,(H,22,23). The zero-order valence-corrected chi connectivity index (χ0v) is 15.5. The molecule has 2 aliphatic heterocycles. The second kappa shape index (κ2) is 7.02. The van der Waals surface area contributed by atoms with E-state index in [-0.39, 0.29) is 24.9 Å². The van der Waals surface area contributed by atoms with E-state index >= 15 is 0 Å². The molecule has 4 rings (SSSR count). The zero-order valence-electron chi connectivity index (χ0n) is 15.5. The highest BCUT2D eigenvalue weighted by molar-refractivity contribution is 5.76. The fourth-order valence-corrected chi connectivity index (χ4v) is 3.18. The number of carbonyl (C=O) groups excluding carboxylic acids is 1. The average molecular weight is 369 g/mol. The molecule has 1 amide bonds. The summed E-state index contributed by atoms with van der Waals surface area (Å²) in [6, 6.07) is 11.7. The van der Waals surface area contributed by atoms with Crippen LogP contribution in [0.3, 0.4) is 0 Å². The summed E-state index contributed by atoms with van der Waals surface area (Å²) in [7, 11) is 0. The topological polar surface area (TPSA) is 66.0 Å². The van der Waals surface area contributed by atoms with E-state index in [0.29, 0.717) is 19.4 Å². The van der Waals surface area contributed by atoms with Crippen LogP contribution in [0.25, 0.3) is 0 Å². The smallest absolute Gasteiger partial charge is 0.231 e. The van der Waals surface area contributed by atoms with Crippen molar-refractivity contribution in [1.82, 2.24) is 5.32 Å². The first-order chi connectivity index (χ1) is 13.0. The minimum absolute atomic E-state index is 0.0292. The van der Waals surface area contributed by atoms with Crippen molar-refractivity contribution >= 4 is 5.91 Å². The summed E-state index contributed by atoms with van der Waals surface area (Å²) in [5.41, 5.74) is 1.95. The Morgan fingerprint density at radius 1 is 0.926 bits per heavy atom. The van der Waals surface area contributed by atoms with Crippen LogP contribution < -0.4 is 24.3 Å². The first-order valence-corrected chi connectivity index (χ1v) is 9.07. The summed E-state index contributed by atoms with van der Waals surface area (Å²) in [5.74, 6) is 3.06. The third kappa shape index (κ3) is 3.79. The lowest BCUT2D eigenvalue weighted by molar-refractivity contribution is -0.121. The third-order valence-electron chi connectivity index (χ3n) is 4.96. The molecule has 6 heteroatoms. The van der Waals surface area contributed by atoms with Crippen LogP contribution >= 0.6 is 0 Å². The van der Waals surface area contributed by atoms with E-state index in [4.69, 9.17) is 18.9 Å². The van der Waals surface area contributed by atoms with Crippen LogP contribution in [0.2, 0.25) is 0 Å². The van der Waals surface area contributed by atoms with Crippen molar-refractivity contribution in [1.29, 1.82) is 0 Å². The average Bonchev–Trinajstić information content (AvgIpc) is 3.32. The van der Waals surface area contributed by atoms with E-state index in [0.717, 1.165) is 34.1 Å². The molecule has 2 aliphatic rings. The number of amides is 1. The van der Waals surface area contributed by atoms with Gasteiger partial charge in [-0.25, -0.2) is 0 Å². The summed E-state index contributed by atoms with van der Waals surface area (Å²) < 4.78 is 21.5. The van der Waals surface area contributed by atoms with Crippen LogP contribution in [-0.4, -0.2) is 26.0 Å². The lowest BCUT2D eigenvalue weighted by Gasteiger charge is -2.26. The molecule has 2 heterocycles. The molecular formula is C21H23NO5. The Balaban J connectivity index is 1.30. The zero-order chi connectivity index (χ0) is 18.9. The van der Waals surface area contributed by atoms with Crippen LogP contribution in [0.1, 0.15) is 31.4 Å². The maximum atomic E-state index is 12.3. The molecule has 142 valence electrons. The van der Waals surface area contributed by atoms with Gasteiger partial charge in [-0.15, -0.1) is 0 Å². The highest BCUT2D eigenvalue weighted by Crippen LogP contribution is 2.36. The fraction of sp³-hybridized carbons (Fsp3) is 0.381. The van der Waals surface area contributed by atoms with Crippen molar-refractivity contribution in [2.24, 2.45) is 0 Å². The van der Waals surface area contributed by atoms with Crippen LogP contribution in [0.5, 0.6) is 23.0 Å². The van der Waals surface area contributed by atoms with Gasteiger partial charge in [0.15, 0.2) is 23.0 Å². The molecule has 0 atom stereocenters. The number of hydrogen-bond acceptors (Lipinski definition) is 5. The monoisotopic (exact) mass is 369 g/mol. The van der Waals surface area contributed by atoms with E-state index in [1.54, 1.807) is 0 Å². The quantitative estimate of drug-likeness (QED) is 0.847. The molecule has 2 aromatic rings. The molecule has 27 heavy (non-hydrogen) atoms. The van der Waals surface area contributed by atoms with E-state index in [9.17, 15) is 4.79 Å². The Kier molecular flexibility index (Phi) is 4.56. The number of ether oxygens (including phenoxy) is 4. The van der Waals surface area contributed by atoms with Crippen molar-refractivity contribution in [3.05, 3.63) is 47.5 Å². The fourth-order valence-electron chi connectivity index (χ4n) is 3.18. The first kappa shape index (κ1) is 17.5. The largest absolute Gasteiger partial charge is 0.454 e. The van der Waals surface area contributed by atoms with Gasteiger partial charge in [-0.05, 0) is 41.8 Å². The summed E-state index contributed by atoms with van der Waals surface area (Å²) in [5, 5.41) is 3.04. The van der Waals surface area contributed by atoms with Gasteiger partial charge in [0, 0.05) is 18.4 Å². The summed E-state index contributed by atoms with van der Waals surface area (Å²) >= 11 is 0. The molecule has 1 N–H and O–H groups in total. The minimum atomic E-state index is -0.213. The highest BCUT2D eigenvalue weighted by atomic mass is 16.7. The number of aryl methyl sites for hydroxylation is 1. The second-order valence-electron chi connectivity index (χ2n) is 7.42. The van der Waals surface area contributed by atoms with Crippen molar-refractivity contribution in [2.75, 3.05) is 20.1 Å². The number of benzene rings is 2. The Bertz CT molecular complexity index is 862. The van der Waals surface area contributed by atoms with Crippen LogP contribution in [0, 0.1) is 0 Å². The predicted molar refractivity (Wildman–Crippen MR) is 99.5 cm³/mol. The normalized spacial score (nSPS) is 14.3. The van der Waals surface area contributed by atoms with Crippen molar-refractivity contribution in [2.45, 2.75) is 32.1 Å². The van der Waals surface area contributed by atoms with Crippen LogP contribution in [0.4, 0.5) is 0 Å². The Morgan fingerprint density at radius 3 is 2.30 bits per heavy atom. The Morgan fingerprint density at radius 2 is 1.56 bits per heavy atom. The minimum Gasteiger partial charge on any atom is -0.454 e. The predicted octanol–water partition coefficient (Wildman–Crippen LogP) is 3.17. The van der Waals surface area contributed by atoms with Gasteiger partial charge < -0.3 is 24.3 Å². The summed E-state index contributed by atoms with van der Waals surface area (Å²) in [6.45, 7) is 5.27. The van der Waals surface area contributed by atoms with Gasteiger partial charge in [-0.1, -0.05) is 26.0 Å². The van der Waals surface area contributed by atoms with E-state index in [1.807, 2.05) is 36.4 Å². The molecule has 0 spiro atoms.